The maximum Gasteiger partial charge on any atom is 0.196 e. The van der Waals surface area contributed by atoms with Gasteiger partial charge in [0.15, 0.2) is 11.0 Å². The van der Waals surface area contributed by atoms with Gasteiger partial charge in [-0.25, -0.2) is 0 Å². The summed E-state index contributed by atoms with van der Waals surface area (Å²) in [6, 6.07) is 15.4. The predicted molar refractivity (Wildman–Crippen MR) is 111 cm³/mol. The minimum Gasteiger partial charge on any atom is -0.497 e. The Bertz CT molecular complexity index is 1070. The fourth-order valence-corrected chi connectivity index (χ4v) is 3.80. The standard InChI is InChI=1S/C20H18ClN5OS/c1-25-12-14(11-22-25)13-28-20-24-23-19(15-3-9-18(27-2)10-4-15)26(20)17-7-5-16(21)6-8-17/h3-12H,13H2,1-2H3. The first-order valence-corrected chi connectivity index (χ1v) is 9.96. The lowest BCUT2D eigenvalue weighted by molar-refractivity contribution is 0.415. The van der Waals surface area contributed by atoms with E-state index in [1.807, 2.05) is 72.5 Å². The second-order valence-corrected chi connectivity index (χ2v) is 7.54. The second-order valence-electron chi connectivity index (χ2n) is 6.16. The van der Waals surface area contributed by atoms with Gasteiger partial charge < -0.3 is 4.74 Å². The van der Waals surface area contributed by atoms with Gasteiger partial charge in [0.05, 0.1) is 13.3 Å². The van der Waals surface area contributed by atoms with Crippen LogP contribution in [0.3, 0.4) is 0 Å². The van der Waals surface area contributed by atoms with Crippen LogP contribution < -0.4 is 4.74 Å². The van der Waals surface area contributed by atoms with Crippen molar-refractivity contribution in [2.24, 2.45) is 7.05 Å². The van der Waals surface area contributed by atoms with Gasteiger partial charge in [-0.1, -0.05) is 23.4 Å². The molecule has 0 unspecified atom stereocenters. The first-order chi connectivity index (χ1) is 13.6. The van der Waals surface area contributed by atoms with Gasteiger partial charge in [0.25, 0.3) is 0 Å². The molecule has 0 saturated heterocycles. The highest BCUT2D eigenvalue weighted by atomic mass is 35.5. The Labute approximate surface area is 172 Å². The lowest BCUT2D eigenvalue weighted by Crippen LogP contribution is -1.99. The Kier molecular flexibility index (Phi) is 5.36. The summed E-state index contributed by atoms with van der Waals surface area (Å²) in [5.74, 6) is 2.31. The molecular formula is C20H18ClN5OS. The molecule has 0 aliphatic carbocycles. The molecule has 2 heterocycles. The van der Waals surface area contributed by atoms with Crippen molar-refractivity contribution in [3.63, 3.8) is 0 Å². The molecule has 4 aromatic rings. The molecule has 8 heteroatoms. The molecule has 6 nitrogen and oxygen atoms in total. The average molecular weight is 412 g/mol. The maximum atomic E-state index is 6.08. The zero-order valence-corrected chi connectivity index (χ0v) is 17.0. The maximum absolute atomic E-state index is 6.08. The highest BCUT2D eigenvalue weighted by molar-refractivity contribution is 7.98. The highest BCUT2D eigenvalue weighted by Gasteiger charge is 2.16. The molecule has 0 aliphatic rings. The molecule has 0 amide bonds. The number of hydrogen-bond acceptors (Lipinski definition) is 5. The summed E-state index contributed by atoms with van der Waals surface area (Å²) >= 11 is 7.69. The molecule has 4 rings (SSSR count). The van der Waals surface area contributed by atoms with Crippen molar-refractivity contribution in [3.05, 3.63) is 71.5 Å². The molecule has 2 aromatic heterocycles. The Morgan fingerprint density at radius 1 is 1.04 bits per heavy atom. The first-order valence-electron chi connectivity index (χ1n) is 8.60. The van der Waals surface area contributed by atoms with Crippen LogP contribution in [0.4, 0.5) is 0 Å². The number of hydrogen-bond donors (Lipinski definition) is 0. The third-order valence-corrected chi connectivity index (χ3v) is 5.44. The van der Waals surface area contributed by atoms with Crippen molar-refractivity contribution >= 4 is 23.4 Å². The van der Waals surface area contributed by atoms with Crippen molar-refractivity contribution in [3.8, 4) is 22.8 Å². The number of thioether (sulfide) groups is 1. The minimum absolute atomic E-state index is 0.687. The Morgan fingerprint density at radius 2 is 1.79 bits per heavy atom. The number of rotatable bonds is 6. The summed E-state index contributed by atoms with van der Waals surface area (Å²) in [4.78, 5) is 0. The zero-order chi connectivity index (χ0) is 19.5. The fourth-order valence-electron chi connectivity index (χ4n) is 2.81. The van der Waals surface area contributed by atoms with Gasteiger partial charge in [-0.2, -0.15) is 5.10 Å². The Morgan fingerprint density at radius 3 is 2.43 bits per heavy atom. The molecule has 28 heavy (non-hydrogen) atoms. The lowest BCUT2D eigenvalue weighted by atomic mass is 10.2. The molecule has 0 aliphatic heterocycles. The van der Waals surface area contributed by atoms with E-state index >= 15 is 0 Å². The molecular weight excluding hydrogens is 394 g/mol. The number of benzene rings is 2. The molecule has 0 N–H and O–H groups in total. The number of ether oxygens (including phenoxy) is 1. The summed E-state index contributed by atoms with van der Waals surface area (Å²) in [5.41, 5.74) is 3.04. The van der Waals surface area contributed by atoms with Crippen LogP contribution in [0.1, 0.15) is 5.56 Å². The molecule has 0 bridgehead atoms. The smallest absolute Gasteiger partial charge is 0.196 e. The molecule has 0 radical (unpaired) electrons. The van der Waals surface area contributed by atoms with E-state index in [4.69, 9.17) is 16.3 Å². The molecule has 142 valence electrons. The van der Waals surface area contributed by atoms with Gasteiger partial charge in [-0.15, -0.1) is 10.2 Å². The minimum atomic E-state index is 0.687. The molecule has 0 fully saturated rings. The van der Waals surface area contributed by atoms with Crippen LogP contribution in [0.5, 0.6) is 5.75 Å². The largest absolute Gasteiger partial charge is 0.497 e. The van der Waals surface area contributed by atoms with Gasteiger partial charge in [-0.05, 0) is 48.5 Å². The lowest BCUT2D eigenvalue weighted by Gasteiger charge is -2.11. The summed E-state index contributed by atoms with van der Waals surface area (Å²) in [5, 5.41) is 14.6. The van der Waals surface area contributed by atoms with Crippen LogP contribution in [0.15, 0.2) is 66.1 Å². The van der Waals surface area contributed by atoms with E-state index in [0.717, 1.165) is 39.3 Å². The first kappa shape index (κ1) is 18.6. The van der Waals surface area contributed by atoms with Gasteiger partial charge in [0, 0.05) is 40.8 Å². The topological polar surface area (TPSA) is 57.8 Å². The van der Waals surface area contributed by atoms with Crippen LogP contribution in [0.2, 0.25) is 5.02 Å². The Hall–Kier alpha value is -2.77. The number of aromatic nitrogens is 5. The monoisotopic (exact) mass is 411 g/mol. The third-order valence-electron chi connectivity index (χ3n) is 4.19. The molecule has 0 atom stereocenters. The highest BCUT2D eigenvalue weighted by Crippen LogP contribution is 2.30. The number of methoxy groups -OCH3 is 1. The van der Waals surface area contributed by atoms with Gasteiger partial charge in [0.2, 0.25) is 0 Å². The van der Waals surface area contributed by atoms with Gasteiger partial charge in [-0.3, -0.25) is 9.25 Å². The molecule has 2 aromatic carbocycles. The summed E-state index contributed by atoms with van der Waals surface area (Å²) in [7, 11) is 3.56. The normalized spacial score (nSPS) is 11.0. The SMILES string of the molecule is COc1ccc(-c2nnc(SCc3cnn(C)c3)n2-c2ccc(Cl)cc2)cc1. The fraction of sp³-hybridized carbons (Fsp3) is 0.150. The number of nitrogens with zero attached hydrogens (tertiary/aromatic N) is 5. The zero-order valence-electron chi connectivity index (χ0n) is 15.4. The van der Waals surface area contributed by atoms with Gasteiger partial charge in [0.1, 0.15) is 5.75 Å². The Balaban J connectivity index is 1.72. The summed E-state index contributed by atoms with van der Waals surface area (Å²) in [6.07, 6.45) is 3.86. The average Bonchev–Trinajstić information content (AvgIpc) is 3.33. The van der Waals surface area contributed by atoms with Crippen LogP contribution >= 0.6 is 23.4 Å². The van der Waals surface area contributed by atoms with Crippen molar-refractivity contribution in [2.45, 2.75) is 10.9 Å². The summed E-state index contributed by atoms with van der Waals surface area (Å²) < 4.78 is 9.09. The van der Waals surface area contributed by atoms with E-state index in [1.54, 1.807) is 23.6 Å². The van der Waals surface area contributed by atoms with E-state index in [0.29, 0.717) is 5.02 Å². The van der Waals surface area contributed by atoms with E-state index in [-0.39, 0.29) is 0 Å². The molecule has 0 spiro atoms. The quantitative estimate of drug-likeness (QED) is 0.433. The van der Waals surface area contributed by atoms with Crippen molar-refractivity contribution < 1.29 is 4.74 Å². The number of aryl methyl sites for hydroxylation is 1. The van der Waals surface area contributed by atoms with Crippen LogP contribution in [-0.4, -0.2) is 31.7 Å². The van der Waals surface area contributed by atoms with E-state index < -0.39 is 0 Å². The van der Waals surface area contributed by atoms with E-state index in [1.165, 1.54) is 0 Å². The second kappa shape index (κ2) is 8.08. The third kappa shape index (κ3) is 3.90. The predicted octanol–water partition coefficient (Wildman–Crippen LogP) is 4.62. The van der Waals surface area contributed by atoms with Crippen LogP contribution in [0, 0.1) is 0 Å². The van der Waals surface area contributed by atoms with Crippen molar-refractivity contribution in [2.75, 3.05) is 7.11 Å². The van der Waals surface area contributed by atoms with E-state index in [9.17, 15) is 0 Å². The number of halogens is 1. The van der Waals surface area contributed by atoms with Gasteiger partial charge >= 0.3 is 0 Å². The van der Waals surface area contributed by atoms with E-state index in [2.05, 4.69) is 15.3 Å². The van der Waals surface area contributed by atoms with Crippen molar-refractivity contribution in [1.82, 2.24) is 24.5 Å². The van der Waals surface area contributed by atoms with Crippen molar-refractivity contribution in [1.29, 1.82) is 0 Å². The van der Waals surface area contributed by atoms with Crippen LogP contribution in [-0.2, 0) is 12.8 Å². The molecule has 0 saturated carbocycles. The van der Waals surface area contributed by atoms with Crippen LogP contribution in [0.25, 0.3) is 17.1 Å². The summed E-state index contributed by atoms with van der Waals surface area (Å²) in [6.45, 7) is 0.